The molecule has 2 aromatic heterocycles. The molecule has 2 aromatic carbocycles. The van der Waals surface area contributed by atoms with Crippen LogP contribution in [0.4, 0.5) is 0 Å². The number of hydrogen-bond acceptors (Lipinski definition) is 7. The van der Waals surface area contributed by atoms with E-state index in [4.69, 9.17) is 9.47 Å². The molecule has 0 amide bonds. The average Bonchev–Trinajstić information content (AvgIpc) is 3.28. The lowest BCUT2D eigenvalue weighted by Crippen LogP contribution is -2.02. The van der Waals surface area contributed by atoms with Gasteiger partial charge in [-0.25, -0.2) is 0 Å². The number of carbonyl (C=O) groups excluding carboxylic acids is 1. The van der Waals surface area contributed by atoms with Gasteiger partial charge in [-0.3, -0.25) is 14.3 Å². The third-order valence-corrected chi connectivity index (χ3v) is 6.06. The quantitative estimate of drug-likeness (QED) is 0.218. The van der Waals surface area contributed by atoms with Gasteiger partial charge in [0.15, 0.2) is 16.8 Å². The minimum atomic E-state index is 0.0192. The molecule has 0 N–H and O–H groups in total. The minimum Gasteiger partial charge on any atom is -0.494 e. The maximum absolute atomic E-state index is 11.9. The lowest BCUT2D eigenvalue weighted by atomic mass is 10.1. The number of Topliss-reactive ketones (excluding diaryl/α,β-unsaturated/α-hetero) is 1. The van der Waals surface area contributed by atoms with E-state index < -0.39 is 0 Å². The second-order valence-electron chi connectivity index (χ2n) is 7.41. The molecule has 0 saturated carbocycles. The Morgan fingerprint density at radius 1 is 1.00 bits per heavy atom. The van der Waals surface area contributed by atoms with E-state index in [9.17, 15) is 4.79 Å². The highest BCUT2D eigenvalue weighted by Crippen LogP contribution is 2.33. The first-order chi connectivity index (χ1) is 16.6. The standard InChI is InChI=1S/C26H26N4O3S/c1-4-32-23-11-9-22(10-12-23)30-25(20-7-6-14-27-16-20)28-29-26(30)34-17-21-15-19(18(3)31)8-13-24(21)33-5-2/h6-16H,4-5,17H2,1-3H3. The first-order valence-electron chi connectivity index (χ1n) is 11.1. The Kier molecular flexibility index (Phi) is 7.59. The van der Waals surface area contributed by atoms with Crippen LogP contribution in [0.2, 0.25) is 0 Å². The van der Waals surface area contributed by atoms with E-state index in [2.05, 4.69) is 15.2 Å². The van der Waals surface area contributed by atoms with Gasteiger partial charge in [0.2, 0.25) is 0 Å². The molecule has 0 aliphatic rings. The largest absolute Gasteiger partial charge is 0.494 e. The van der Waals surface area contributed by atoms with Crippen LogP contribution in [-0.2, 0) is 5.75 Å². The smallest absolute Gasteiger partial charge is 0.196 e. The summed E-state index contributed by atoms with van der Waals surface area (Å²) < 4.78 is 13.4. The van der Waals surface area contributed by atoms with Gasteiger partial charge in [-0.15, -0.1) is 10.2 Å². The number of carbonyl (C=O) groups is 1. The minimum absolute atomic E-state index is 0.0192. The Labute approximate surface area is 203 Å². The van der Waals surface area contributed by atoms with Crippen molar-refractivity contribution in [2.75, 3.05) is 13.2 Å². The molecule has 0 aliphatic carbocycles. The van der Waals surface area contributed by atoms with Gasteiger partial charge in [0.05, 0.1) is 13.2 Å². The van der Waals surface area contributed by atoms with Crippen LogP contribution in [0.5, 0.6) is 11.5 Å². The molecular weight excluding hydrogens is 448 g/mol. The number of nitrogens with zero attached hydrogens (tertiary/aromatic N) is 4. The van der Waals surface area contributed by atoms with Crippen LogP contribution in [0.3, 0.4) is 0 Å². The van der Waals surface area contributed by atoms with Crippen molar-refractivity contribution in [3.63, 3.8) is 0 Å². The van der Waals surface area contributed by atoms with Gasteiger partial charge in [-0.1, -0.05) is 11.8 Å². The normalized spacial score (nSPS) is 10.8. The summed E-state index contributed by atoms with van der Waals surface area (Å²) in [6.07, 6.45) is 3.50. The molecule has 2 heterocycles. The molecule has 0 radical (unpaired) electrons. The summed E-state index contributed by atoms with van der Waals surface area (Å²) in [7, 11) is 0. The van der Waals surface area contributed by atoms with E-state index in [1.807, 2.05) is 66.9 Å². The molecule has 4 rings (SSSR count). The number of benzene rings is 2. The number of pyridine rings is 1. The van der Waals surface area contributed by atoms with Crippen molar-refractivity contribution in [1.29, 1.82) is 0 Å². The van der Waals surface area contributed by atoms with Crippen LogP contribution in [-0.4, -0.2) is 38.7 Å². The summed E-state index contributed by atoms with van der Waals surface area (Å²) in [5.74, 6) is 2.85. The van der Waals surface area contributed by atoms with E-state index in [1.165, 1.54) is 11.8 Å². The van der Waals surface area contributed by atoms with Gasteiger partial charge >= 0.3 is 0 Å². The van der Waals surface area contributed by atoms with Crippen molar-refractivity contribution in [3.8, 4) is 28.6 Å². The van der Waals surface area contributed by atoms with Gasteiger partial charge < -0.3 is 9.47 Å². The van der Waals surface area contributed by atoms with E-state index in [0.717, 1.165) is 33.5 Å². The van der Waals surface area contributed by atoms with E-state index in [1.54, 1.807) is 25.4 Å². The summed E-state index contributed by atoms with van der Waals surface area (Å²) in [6.45, 7) is 6.62. The molecule has 0 atom stereocenters. The van der Waals surface area contributed by atoms with Crippen molar-refractivity contribution in [2.45, 2.75) is 31.7 Å². The molecule has 34 heavy (non-hydrogen) atoms. The van der Waals surface area contributed by atoms with E-state index >= 15 is 0 Å². The Bertz CT molecular complexity index is 1260. The molecule has 0 aliphatic heterocycles. The molecule has 0 spiro atoms. The molecule has 0 fully saturated rings. The molecular formula is C26H26N4O3S. The molecule has 0 saturated heterocycles. The Balaban J connectivity index is 1.71. The molecule has 8 heteroatoms. The maximum atomic E-state index is 11.9. The third kappa shape index (κ3) is 5.28. The SMILES string of the molecule is CCOc1ccc(-n2c(SCc3cc(C(C)=O)ccc3OCC)nnc2-c2cccnc2)cc1. The van der Waals surface area contributed by atoms with Gasteiger partial charge in [-0.2, -0.15) is 0 Å². The number of rotatable bonds is 10. The molecule has 4 aromatic rings. The number of hydrogen-bond donors (Lipinski definition) is 0. The molecule has 0 unspecified atom stereocenters. The van der Waals surface area contributed by atoms with Crippen molar-refractivity contribution >= 4 is 17.5 Å². The van der Waals surface area contributed by atoms with Crippen LogP contribution in [0.25, 0.3) is 17.1 Å². The highest BCUT2D eigenvalue weighted by atomic mass is 32.2. The van der Waals surface area contributed by atoms with Crippen molar-refractivity contribution in [1.82, 2.24) is 19.7 Å². The fourth-order valence-corrected chi connectivity index (χ4v) is 4.42. The van der Waals surface area contributed by atoms with Crippen LogP contribution >= 0.6 is 11.8 Å². The van der Waals surface area contributed by atoms with Gasteiger partial charge in [0, 0.05) is 40.5 Å². The highest BCUT2D eigenvalue weighted by Gasteiger charge is 2.18. The van der Waals surface area contributed by atoms with E-state index in [0.29, 0.717) is 30.4 Å². The topological polar surface area (TPSA) is 79.1 Å². The molecule has 7 nitrogen and oxygen atoms in total. The number of thioether (sulfide) groups is 1. The van der Waals surface area contributed by atoms with Crippen molar-refractivity contribution < 1.29 is 14.3 Å². The zero-order valence-corrected chi connectivity index (χ0v) is 20.2. The molecule has 0 bridgehead atoms. The van der Waals surface area contributed by atoms with Gasteiger partial charge in [0.25, 0.3) is 0 Å². The van der Waals surface area contributed by atoms with Gasteiger partial charge in [-0.05, 0) is 75.4 Å². The highest BCUT2D eigenvalue weighted by molar-refractivity contribution is 7.98. The Morgan fingerprint density at radius 3 is 2.47 bits per heavy atom. The third-order valence-electron chi connectivity index (χ3n) is 5.08. The lowest BCUT2D eigenvalue weighted by molar-refractivity contribution is 0.101. The fourth-order valence-electron chi connectivity index (χ4n) is 3.49. The Hall–Kier alpha value is -3.65. The Morgan fingerprint density at radius 2 is 1.79 bits per heavy atom. The van der Waals surface area contributed by atoms with Crippen LogP contribution < -0.4 is 9.47 Å². The first-order valence-corrected chi connectivity index (χ1v) is 12.1. The van der Waals surface area contributed by atoms with E-state index in [-0.39, 0.29) is 5.78 Å². The average molecular weight is 475 g/mol. The number of ether oxygens (including phenoxy) is 2. The predicted octanol–water partition coefficient (Wildman–Crippen LogP) is 5.62. The predicted molar refractivity (Wildman–Crippen MR) is 133 cm³/mol. The number of aromatic nitrogens is 4. The summed E-state index contributed by atoms with van der Waals surface area (Å²) in [4.78, 5) is 16.2. The van der Waals surface area contributed by atoms with Crippen LogP contribution in [0.1, 0.15) is 36.7 Å². The summed E-state index contributed by atoms with van der Waals surface area (Å²) >= 11 is 1.53. The van der Waals surface area contributed by atoms with Crippen LogP contribution in [0.15, 0.2) is 72.1 Å². The van der Waals surface area contributed by atoms with Crippen molar-refractivity contribution in [3.05, 3.63) is 78.1 Å². The van der Waals surface area contributed by atoms with Crippen LogP contribution in [0, 0.1) is 0 Å². The molecule has 174 valence electrons. The fraction of sp³-hybridized carbons (Fsp3) is 0.231. The van der Waals surface area contributed by atoms with Gasteiger partial charge in [0.1, 0.15) is 11.5 Å². The second-order valence-corrected chi connectivity index (χ2v) is 8.35. The summed E-state index contributed by atoms with van der Waals surface area (Å²) in [5.41, 5.74) is 3.37. The monoisotopic (exact) mass is 474 g/mol. The zero-order valence-electron chi connectivity index (χ0n) is 19.4. The summed E-state index contributed by atoms with van der Waals surface area (Å²) in [6, 6.07) is 17.2. The maximum Gasteiger partial charge on any atom is 0.196 e. The van der Waals surface area contributed by atoms with Crippen molar-refractivity contribution in [2.24, 2.45) is 0 Å². The zero-order chi connectivity index (χ0) is 23.9. The summed E-state index contributed by atoms with van der Waals surface area (Å²) in [5, 5.41) is 9.68. The lowest BCUT2D eigenvalue weighted by Gasteiger charge is -2.13. The second kappa shape index (κ2) is 11.0. The first kappa shape index (κ1) is 23.5. The number of ketones is 1.